The summed E-state index contributed by atoms with van der Waals surface area (Å²) in [7, 11) is 0. The average Bonchev–Trinajstić information content (AvgIpc) is 3.16. The monoisotopic (exact) mass is 424 g/mol. The van der Waals surface area contributed by atoms with Crippen molar-refractivity contribution in [2.75, 3.05) is 5.32 Å². The summed E-state index contributed by atoms with van der Waals surface area (Å²) in [4.78, 5) is 12.7. The summed E-state index contributed by atoms with van der Waals surface area (Å²) >= 11 is 6.17. The van der Waals surface area contributed by atoms with Gasteiger partial charge in [0.2, 0.25) is 0 Å². The molecule has 1 amide bonds. The Bertz CT molecular complexity index is 1430. The first kappa shape index (κ1) is 19.4. The van der Waals surface area contributed by atoms with Gasteiger partial charge in [-0.25, -0.2) is 0 Å². The number of hydrogen-bond acceptors (Lipinski definition) is 1. The first-order valence-electron chi connectivity index (χ1n) is 10.3. The van der Waals surface area contributed by atoms with Gasteiger partial charge in [-0.1, -0.05) is 66.2 Å². The molecule has 5 rings (SSSR count). The Morgan fingerprint density at radius 3 is 2.48 bits per heavy atom. The number of nitrogens with zero attached hydrogens (tertiary/aromatic N) is 1. The molecule has 1 N–H and O–H groups in total. The van der Waals surface area contributed by atoms with Crippen LogP contribution in [0.5, 0.6) is 0 Å². The van der Waals surface area contributed by atoms with Gasteiger partial charge in [-0.05, 0) is 54.1 Å². The Labute approximate surface area is 185 Å². The van der Waals surface area contributed by atoms with E-state index in [0.29, 0.717) is 10.6 Å². The molecule has 31 heavy (non-hydrogen) atoms. The van der Waals surface area contributed by atoms with E-state index in [2.05, 4.69) is 71.4 Å². The highest BCUT2D eigenvalue weighted by atomic mass is 35.5. The van der Waals surface area contributed by atoms with Crippen LogP contribution in [0.2, 0.25) is 5.02 Å². The van der Waals surface area contributed by atoms with Crippen molar-refractivity contribution in [1.29, 1.82) is 0 Å². The van der Waals surface area contributed by atoms with Crippen molar-refractivity contribution < 1.29 is 4.79 Å². The second-order valence-electron chi connectivity index (χ2n) is 7.51. The Morgan fingerprint density at radius 2 is 1.65 bits per heavy atom. The fraction of sp³-hybridized carbons (Fsp3) is 0.0741. The van der Waals surface area contributed by atoms with E-state index in [1.165, 1.54) is 22.0 Å². The number of aromatic nitrogens is 1. The molecule has 0 aliphatic heterocycles. The van der Waals surface area contributed by atoms with Crippen molar-refractivity contribution in [2.24, 2.45) is 0 Å². The zero-order valence-corrected chi connectivity index (χ0v) is 17.9. The van der Waals surface area contributed by atoms with E-state index in [1.54, 1.807) is 12.1 Å². The molecule has 3 nitrogen and oxygen atoms in total. The van der Waals surface area contributed by atoms with Gasteiger partial charge in [-0.15, -0.1) is 0 Å². The molecule has 1 heterocycles. The van der Waals surface area contributed by atoms with E-state index in [9.17, 15) is 4.79 Å². The molecule has 0 spiro atoms. The van der Waals surface area contributed by atoms with Crippen LogP contribution in [0.3, 0.4) is 0 Å². The van der Waals surface area contributed by atoms with E-state index in [-0.39, 0.29) is 5.91 Å². The summed E-state index contributed by atoms with van der Waals surface area (Å²) in [6, 6.07) is 30.1. The van der Waals surface area contributed by atoms with Crippen molar-refractivity contribution in [1.82, 2.24) is 4.57 Å². The molecule has 0 aliphatic carbocycles. The minimum absolute atomic E-state index is 0.214. The third-order valence-electron chi connectivity index (χ3n) is 5.66. The summed E-state index contributed by atoms with van der Waals surface area (Å²) in [5.41, 5.74) is 4.73. The maximum Gasteiger partial charge on any atom is 0.257 e. The molecule has 0 saturated carbocycles. The van der Waals surface area contributed by atoms with Gasteiger partial charge < -0.3 is 9.88 Å². The number of halogens is 1. The Balaban J connectivity index is 1.58. The number of benzene rings is 4. The number of anilines is 1. The quantitative estimate of drug-likeness (QED) is 0.320. The van der Waals surface area contributed by atoms with Crippen molar-refractivity contribution in [2.45, 2.75) is 13.5 Å². The maximum absolute atomic E-state index is 12.7. The van der Waals surface area contributed by atoms with Gasteiger partial charge in [0, 0.05) is 34.4 Å². The molecule has 4 aromatic carbocycles. The van der Waals surface area contributed by atoms with Crippen LogP contribution < -0.4 is 5.32 Å². The van der Waals surface area contributed by atoms with Gasteiger partial charge in [0.1, 0.15) is 0 Å². The number of rotatable bonds is 4. The van der Waals surface area contributed by atoms with Gasteiger partial charge in [-0.3, -0.25) is 4.79 Å². The van der Waals surface area contributed by atoms with Crippen molar-refractivity contribution in [3.8, 4) is 11.3 Å². The Kier molecular flexibility index (Phi) is 4.97. The number of carbonyl (C=O) groups is 1. The first-order chi connectivity index (χ1) is 15.2. The third kappa shape index (κ3) is 3.47. The summed E-state index contributed by atoms with van der Waals surface area (Å²) in [5, 5.41) is 6.95. The number of nitrogens with one attached hydrogen (secondary N) is 1. The van der Waals surface area contributed by atoms with Crippen LogP contribution in [0.4, 0.5) is 5.69 Å². The van der Waals surface area contributed by atoms with Gasteiger partial charge in [0.15, 0.2) is 0 Å². The lowest BCUT2D eigenvalue weighted by molar-refractivity contribution is 0.102. The second kappa shape index (κ2) is 7.93. The van der Waals surface area contributed by atoms with Crippen molar-refractivity contribution in [3.63, 3.8) is 0 Å². The van der Waals surface area contributed by atoms with Crippen LogP contribution in [-0.2, 0) is 6.54 Å². The van der Waals surface area contributed by atoms with Crippen LogP contribution in [0.1, 0.15) is 17.3 Å². The summed E-state index contributed by atoms with van der Waals surface area (Å²) in [5.74, 6) is -0.214. The molecular formula is C27H21ClN2O. The molecule has 0 unspecified atom stereocenters. The van der Waals surface area contributed by atoms with Crippen LogP contribution in [0, 0.1) is 0 Å². The molecule has 0 fully saturated rings. The molecule has 0 atom stereocenters. The van der Waals surface area contributed by atoms with Gasteiger partial charge in [0.25, 0.3) is 5.91 Å². The molecule has 4 heteroatoms. The van der Waals surface area contributed by atoms with E-state index in [4.69, 9.17) is 11.6 Å². The highest BCUT2D eigenvalue weighted by Gasteiger charge is 2.14. The number of fused-ring (bicyclic) bond motifs is 2. The maximum atomic E-state index is 12.7. The lowest BCUT2D eigenvalue weighted by Gasteiger charge is -2.11. The van der Waals surface area contributed by atoms with Crippen LogP contribution >= 0.6 is 11.6 Å². The minimum Gasteiger partial charge on any atom is -0.341 e. The molecule has 0 aliphatic rings. The van der Waals surface area contributed by atoms with Gasteiger partial charge in [-0.2, -0.15) is 0 Å². The number of amides is 1. The lowest BCUT2D eigenvalue weighted by Crippen LogP contribution is -2.12. The smallest absolute Gasteiger partial charge is 0.257 e. The lowest BCUT2D eigenvalue weighted by atomic mass is 10.0. The second-order valence-corrected chi connectivity index (χ2v) is 7.92. The molecule has 0 bridgehead atoms. The van der Waals surface area contributed by atoms with E-state index >= 15 is 0 Å². The van der Waals surface area contributed by atoms with Crippen molar-refractivity contribution in [3.05, 3.63) is 102 Å². The zero-order chi connectivity index (χ0) is 21.4. The van der Waals surface area contributed by atoms with Crippen molar-refractivity contribution >= 4 is 44.9 Å². The number of carbonyl (C=O) groups excluding carboxylic acids is 1. The highest BCUT2D eigenvalue weighted by molar-refractivity contribution is 6.34. The van der Waals surface area contributed by atoms with Gasteiger partial charge in [0.05, 0.1) is 10.6 Å². The fourth-order valence-corrected chi connectivity index (χ4v) is 4.43. The fourth-order valence-electron chi connectivity index (χ4n) is 4.21. The topological polar surface area (TPSA) is 34.0 Å². The number of aryl methyl sites for hydroxylation is 1. The largest absolute Gasteiger partial charge is 0.341 e. The zero-order valence-electron chi connectivity index (χ0n) is 17.1. The minimum atomic E-state index is -0.214. The number of hydrogen-bond donors (Lipinski definition) is 1. The molecule has 152 valence electrons. The summed E-state index contributed by atoms with van der Waals surface area (Å²) < 4.78 is 2.32. The normalized spacial score (nSPS) is 11.2. The molecule has 1 aromatic heterocycles. The highest BCUT2D eigenvalue weighted by Crippen LogP contribution is 2.34. The van der Waals surface area contributed by atoms with Crippen LogP contribution in [0.25, 0.3) is 32.9 Å². The predicted molar refractivity (Wildman–Crippen MR) is 130 cm³/mol. The Morgan fingerprint density at radius 1 is 0.871 bits per heavy atom. The predicted octanol–water partition coefficient (Wildman–Crippen LogP) is 7.39. The molecule has 0 saturated heterocycles. The molecular weight excluding hydrogens is 404 g/mol. The Hall–Kier alpha value is -3.56. The molecule has 5 aromatic rings. The van der Waals surface area contributed by atoms with E-state index in [0.717, 1.165) is 23.1 Å². The van der Waals surface area contributed by atoms with E-state index < -0.39 is 0 Å². The standard InChI is InChI=1S/C27H21ClN2O/c1-2-30-25-15-14-20(29-27(31)23-11-5-6-13-24(23)28)16-19(25)17-26(30)22-12-7-9-18-8-3-4-10-21(18)22/h3-17H,2H2,1H3,(H,29,31). The summed E-state index contributed by atoms with van der Waals surface area (Å²) in [6.07, 6.45) is 0. The van der Waals surface area contributed by atoms with E-state index in [1.807, 2.05) is 24.3 Å². The third-order valence-corrected chi connectivity index (χ3v) is 5.99. The van der Waals surface area contributed by atoms with Crippen LogP contribution in [-0.4, -0.2) is 10.5 Å². The van der Waals surface area contributed by atoms with Gasteiger partial charge >= 0.3 is 0 Å². The average molecular weight is 425 g/mol. The first-order valence-corrected chi connectivity index (χ1v) is 10.7. The SMILES string of the molecule is CCn1c(-c2cccc3ccccc23)cc2cc(NC(=O)c3ccccc3Cl)ccc21. The molecule has 0 radical (unpaired) electrons. The van der Waals surface area contributed by atoms with Crippen LogP contribution in [0.15, 0.2) is 91.0 Å². The summed E-state index contributed by atoms with van der Waals surface area (Å²) in [6.45, 7) is 3.01.